The van der Waals surface area contributed by atoms with Crippen LogP contribution in [0.4, 0.5) is 10.1 Å². The molecule has 1 aromatic rings. The third-order valence-electron chi connectivity index (χ3n) is 4.05. The van der Waals surface area contributed by atoms with Gasteiger partial charge in [0.2, 0.25) is 5.91 Å². The number of carbonyl (C=O) groups is 2. The third kappa shape index (κ3) is 4.04. The summed E-state index contributed by atoms with van der Waals surface area (Å²) in [6.45, 7) is 6.11. The third-order valence-corrected chi connectivity index (χ3v) is 4.54. The fourth-order valence-corrected chi connectivity index (χ4v) is 2.89. The van der Waals surface area contributed by atoms with E-state index in [4.69, 9.17) is 0 Å². The van der Waals surface area contributed by atoms with Crippen LogP contribution in [0.5, 0.6) is 0 Å². The number of hydrogen-bond acceptors (Lipinski definition) is 2. The molecule has 1 fully saturated rings. The van der Waals surface area contributed by atoms with Gasteiger partial charge in [-0.25, -0.2) is 4.39 Å². The Kier molecular flexibility index (Phi) is 5.52. The molecular formula is C15H20BrFN3O2+. The number of rotatable bonds is 3. The molecule has 2 N–H and O–H groups in total. The molecule has 22 heavy (non-hydrogen) atoms. The Bertz CT molecular complexity index is 574. The maximum Gasteiger partial charge on any atom is 0.282 e. The maximum atomic E-state index is 13.8. The minimum absolute atomic E-state index is 0.0630. The largest absolute Gasteiger partial charge is 0.332 e. The van der Waals surface area contributed by atoms with Crippen molar-refractivity contribution in [2.75, 3.05) is 31.5 Å². The molecule has 1 aliphatic rings. The van der Waals surface area contributed by atoms with Crippen LogP contribution in [0.3, 0.4) is 0 Å². The maximum absolute atomic E-state index is 13.8. The Morgan fingerprint density at radius 3 is 2.55 bits per heavy atom. The van der Waals surface area contributed by atoms with Crippen molar-refractivity contribution >= 4 is 33.4 Å². The first-order chi connectivity index (χ1) is 10.4. The van der Waals surface area contributed by atoms with Crippen LogP contribution in [-0.2, 0) is 9.59 Å². The van der Waals surface area contributed by atoms with E-state index < -0.39 is 5.82 Å². The summed E-state index contributed by atoms with van der Waals surface area (Å²) in [7, 11) is 0. The van der Waals surface area contributed by atoms with E-state index in [0.717, 1.165) is 18.0 Å². The van der Waals surface area contributed by atoms with Crippen molar-refractivity contribution in [1.82, 2.24) is 4.90 Å². The molecule has 1 saturated heterocycles. The highest BCUT2D eigenvalue weighted by molar-refractivity contribution is 9.10. The van der Waals surface area contributed by atoms with Crippen molar-refractivity contribution in [3.05, 3.63) is 28.5 Å². The lowest BCUT2D eigenvalue weighted by Crippen LogP contribution is -3.19. The highest BCUT2D eigenvalue weighted by Gasteiger charge is 2.30. The van der Waals surface area contributed by atoms with Gasteiger partial charge in [0.15, 0.2) is 6.04 Å². The number of benzene rings is 1. The monoisotopic (exact) mass is 372 g/mol. The number of hydrogen-bond donors (Lipinski definition) is 2. The Morgan fingerprint density at radius 1 is 1.36 bits per heavy atom. The summed E-state index contributed by atoms with van der Waals surface area (Å²) >= 11 is 3.18. The standard InChI is InChI=1S/C15H19BrFN3O2/c1-10(19-5-7-20(8-6-19)11(2)21)15(22)18-14-4-3-12(16)9-13(14)17/h3-4,9-10H,5-8H2,1-2H3,(H,18,22)/p+1/t10-/m0/s1. The summed E-state index contributed by atoms with van der Waals surface area (Å²) in [6.07, 6.45) is 0. The molecule has 0 bridgehead atoms. The number of nitrogens with one attached hydrogen (secondary N) is 2. The van der Waals surface area contributed by atoms with E-state index in [1.165, 1.54) is 12.1 Å². The summed E-state index contributed by atoms with van der Waals surface area (Å²) < 4.78 is 14.4. The fourth-order valence-electron chi connectivity index (χ4n) is 2.56. The van der Waals surface area contributed by atoms with Crippen LogP contribution in [0, 0.1) is 5.82 Å². The molecule has 0 radical (unpaired) electrons. The van der Waals surface area contributed by atoms with Gasteiger partial charge < -0.3 is 15.1 Å². The van der Waals surface area contributed by atoms with Gasteiger partial charge in [-0.05, 0) is 25.1 Å². The van der Waals surface area contributed by atoms with Gasteiger partial charge in [-0.2, -0.15) is 0 Å². The van der Waals surface area contributed by atoms with Crippen LogP contribution >= 0.6 is 15.9 Å². The van der Waals surface area contributed by atoms with Crippen molar-refractivity contribution in [2.45, 2.75) is 19.9 Å². The molecule has 1 heterocycles. The zero-order valence-electron chi connectivity index (χ0n) is 12.7. The van der Waals surface area contributed by atoms with Gasteiger partial charge in [0.1, 0.15) is 5.82 Å². The molecule has 7 heteroatoms. The van der Waals surface area contributed by atoms with E-state index in [1.807, 2.05) is 6.92 Å². The first kappa shape index (κ1) is 16.9. The number of anilines is 1. The van der Waals surface area contributed by atoms with E-state index in [-0.39, 0.29) is 23.5 Å². The zero-order valence-corrected chi connectivity index (χ0v) is 14.2. The lowest BCUT2D eigenvalue weighted by atomic mass is 10.2. The Hall–Kier alpha value is -1.47. The molecule has 120 valence electrons. The Morgan fingerprint density at radius 2 is 2.00 bits per heavy atom. The highest BCUT2D eigenvalue weighted by atomic mass is 79.9. The molecule has 1 aromatic carbocycles. The quantitative estimate of drug-likeness (QED) is 0.818. The molecule has 2 rings (SSSR count). The molecule has 0 unspecified atom stereocenters. The van der Waals surface area contributed by atoms with Gasteiger partial charge in [-0.3, -0.25) is 9.59 Å². The number of quaternary nitrogens is 1. The van der Waals surface area contributed by atoms with Gasteiger partial charge in [-0.15, -0.1) is 0 Å². The topological polar surface area (TPSA) is 53.9 Å². The molecule has 0 spiro atoms. The molecule has 0 saturated carbocycles. The number of nitrogens with zero attached hydrogens (tertiary/aromatic N) is 1. The normalized spacial score (nSPS) is 17.2. The molecule has 1 aliphatic heterocycles. The zero-order chi connectivity index (χ0) is 16.3. The molecule has 0 aliphatic carbocycles. The van der Waals surface area contributed by atoms with Gasteiger partial charge in [0, 0.05) is 11.4 Å². The van der Waals surface area contributed by atoms with Crippen molar-refractivity contribution < 1.29 is 18.9 Å². The lowest BCUT2D eigenvalue weighted by molar-refractivity contribution is -0.917. The minimum atomic E-state index is -0.466. The number of carbonyl (C=O) groups excluding carboxylic acids is 2. The molecule has 5 nitrogen and oxygen atoms in total. The van der Waals surface area contributed by atoms with Crippen LogP contribution in [-0.4, -0.2) is 48.9 Å². The van der Waals surface area contributed by atoms with Crippen molar-refractivity contribution in [2.24, 2.45) is 0 Å². The summed E-state index contributed by atoms with van der Waals surface area (Å²) in [6, 6.07) is 4.24. The van der Waals surface area contributed by atoms with E-state index >= 15 is 0 Å². The Balaban J connectivity index is 1.94. The van der Waals surface area contributed by atoms with Crippen LogP contribution in [0.1, 0.15) is 13.8 Å². The predicted molar refractivity (Wildman–Crippen MR) is 85.1 cm³/mol. The summed E-state index contributed by atoms with van der Waals surface area (Å²) in [5.41, 5.74) is 0.182. The van der Waals surface area contributed by atoms with Crippen LogP contribution < -0.4 is 10.2 Å². The molecule has 1 atom stereocenters. The predicted octanol–water partition coefficient (Wildman–Crippen LogP) is 0.662. The minimum Gasteiger partial charge on any atom is -0.332 e. The summed E-state index contributed by atoms with van der Waals surface area (Å²) in [5.74, 6) is -0.619. The van der Waals surface area contributed by atoms with Crippen LogP contribution in [0.15, 0.2) is 22.7 Å². The van der Waals surface area contributed by atoms with E-state index in [9.17, 15) is 14.0 Å². The second-order valence-electron chi connectivity index (χ2n) is 5.50. The smallest absolute Gasteiger partial charge is 0.282 e. The second-order valence-corrected chi connectivity index (χ2v) is 6.42. The van der Waals surface area contributed by atoms with Crippen LogP contribution in [0.2, 0.25) is 0 Å². The molecule has 0 aromatic heterocycles. The summed E-state index contributed by atoms with van der Waals surface area (Å²) in [4.78, 5) is 26.5. The Labute approximate surface area is 137 Å². The number of piperazine rings is 1. The molecule has 2 amide bonds. The highest BCUT2D eigenvalue weighted by Crippen LogP contribution is 2.19. The number of amides is 2. The van der Waals surface area contributed by atoms with Crippen molar-refractivity contribution in [3.63, 3.8) is 0 Å². The van der Waals surface area contributed by atoms with Gasteiger partial charge in [0.25, 0.3) is 5.91 Å². The average molecular weight is 373 g/mol. The average Bonchev–Trinajstić information content (AvgIpc) is 2.49. The van der Waals surface area contributed by atoms with E-state index in [0.29, 0.717) is 17.6 Å². The van der Waals surface area contributed by atoms with Crippen LogP contribution in [0.25, 0.3) is 0 Å². The first-order valence-electron chi connectivity index (χ1n) is 7.24. The summed E-state index contributed by atoms with van der Waals surface area (Å²) in [5, 5.41) is 2.63. The lowest BCUT2D eigenvalue weighted by Gasteiger charge is -2.34. The molecular weight excluding hydrogens is 353 g/mol. The van der Waals surface area contributed by atoms with Gasteiger partial charge in [-0.1, -0.05) is 15.9 Å². The van der Waals surface area contributed by atoms with Crippen molar-refractivity contribution in [3.8, 4) is 0 Å². The first-order valence-corrected chi connectivity index (χ1v) is 8.04. The van der Waals surface area contributed by atoms with Gasteiger partial charge >= 0.3 is 0 Å². The fraction of sp³-hybridized carbons (Fsp3) is 0.467. The van der Waals surface area contributed by atoms with Crippen molar-refractivity contribution in [1.29, 1.82) is 0 Å². The SMILES string of the molecule is CC(=O)N1CC[NH+]([C@@H](C)C(=O)Nc2ccc(Br)cc2F)CC1. The van der Waals surface area contributed by atoms with E-state index in [1.54, 1.807) is 17.9 Å². The van der Waals surface area contributed by atoms with E-state index in [2.05, 4.69) is 21.2 Å². The number of halogens is 2. The van der Waals surface area contributed by atoms with Gasteiger partial charge in [0.05, 0.1) is 31.9 Å². The second kappa shape index (κ2) is 7.19.